The number of fused-ring (bicyclic) bond motifs is 3. The number of nitrogens with two attached hydrogens (primary N) is 1. The van der Waals surface area contributed by atoms with Crippen molar-refractivity contribution in [2.24, 2.45) is 5.84 Å². The summed E-state index contributed by atoms with van der Waals surface area (Å²) >= 11 is 0. The van der Waals surface area contributed by atoms with Gasteiger partial charge < -0.3 is 9.99 Å². The summed E-state index contributed by atoms with van der Waals surface area (Å²) in [4.78, 5) is 0. The topological polar surface area (TPSA) is 43.0 Å². The van der Waals surface area contributed by atoms with Crippen LogP contribution in [0.5, 0.6) is 0 Å². The second-order valence-electron chi connectivity index (χ2n) is 4.63. The van der Waals surface area contributed by atoms with Gasteiger partial charge in [-0.2, -0.15) is 0 Å². The van der Waals surface area contributed by atoms with Crippen LogP contribution in [0.2, 0.25) is 0 Å². The van der Waals surface area contributed by atoms with E-state index in [4.69, 9.17) is 5.84 Å². The first kappa shape index (κ1) is 11.1. The van der Waals surface area contributed by atoms with Crippen molar-refractivity contribution in [2.45, 2.75) is 19.9 Å². The molecule has 3 nitrogen and oxygen atoms in total. The van der Waals surface area contributed by atoms with Gasteiger partial charge in [0.05, 0.1) is 11.0 Å². The van der Waals surface area contributed by atoms with E-state index in [2.05, 4.69) is 53.8 Å². The van der Waals surface area contributed by atoms with Crippen molar-refractivity contribution in [1.82, 2.24) is 9.99 Å². The number of rotatable bonds is 2. The van der Waals surface area contributed by atoms with Gasteiger partial charge in [-0.15, -0.1) is 0 Å². The normalized spacial score (nSPS) is 14.6. The van der Waals surface area contributed by atoms with E-state index in [1.54, 1.807) is 0 Å². The predicted octanol–water partition coefficient (Wildman–Crippen LogP) is 0.973. The monoisotopic (exact) mass is 239 g/mol. The van der Waals surface area contributed by atoms with Crippen LogP contribution in [0.1, 0.15) is 13.3 Å². The smallest absolute Gasteiger partial charge is 0.0701 e. The zero-order chi connectivity index (χ0) is 12.7. The first-order valence-electron chi connectivity index (χ1n) is 6.22. The van der Waals surface area contributed by atoms with E-state index in [0.29, 0.717) is 0 Å². The Morgan fingerprint density at radius 1 is 1.39 bits per heavy atom. The van der Waals surface area contributed by atoms with Crippen LogP contribution in [0.4, 0.5) is 0 Å². The molecule has 3 N–H and O–H groups in total. The number of aromatic nitrogens is 1. The molecule has 3 rings (SSSR count). The van der Waals surface area contributed by atoms with Crippen LogP contribution in [0.25, 0.3) is 22.7 Å². The van der Waals surface area contributed by atoms with Crippen LogP contribution < -0.4 is 21.8 Å². The van der Waals surface area contributed by atoms with E-state index in [1.165, 1.54) is 21.5 Å². The Morgan fingerprint density at radius 3 is 2.89 bits per heavy atom. The van der Waals surface area contributed by atoms with Crippen molar-refractivity contribution >= 4 is 22.7 Å². The lowest BCUT2D eigenvalue weighted by Gasteiger charge is -2.12. The molecule has 1 aromatic carbocycles. The highest BCUT2D eigenvalue weighted by Crippen LogP contribution is 2.15. The van der Waals surface area contributed by atoms with Crippen LogP contribution in [0, 0.1) is 0 Å². The van der Waals surface area contributed by atoms with E-state index >= 15 is 0 Å². The molecule has 1 aliphatic carbocycles. The maximum atomic E-state index is 5.67. The summed E-state index contributed by atoms with van der Waals surface area (Å²) in [5, 5.41) is 3.70. The van der Waals surface area contributed by atoms with E-state index in [-0.39, 0.29) is 0 Å². The average Bonchev–Trinajstić information content (AvgIpc) is 2.72. The van der Waals surface area contributed by atoms with E-state index in [0.717, 1.165) is 24.2 Å². The first-order valence-corrected chi connectivity index (χ1v) is 6.22. The first-order chi connectivity index (χ1) is 8.76. The zero-order valence-electron chi connectivity index (χ0n) is 10.5. The summed E-state index contributed by atoms with van der Waals surface area (Å²) in [5.74, 6) is 5.67. The number of hydrogen-bond acceptors (Lipinski definition) is 2. The number of benzene rings is 1. The number of para-hydroxylation sites is 1. The third-order valence-electron chi connectivity index (χ3n) is 3.54. The van der Waals surface area contributed by atoms with E-state index in [1.807, 2.05) is 0 Å². The third-order valence-corrected chi connectivity index (χ3v) is 3.54. The molecule has 1 aromatic heterocycles. The fourth-order valence-corrected chi connectivity index (χ4v) is 2.82. The number of hydrogen-bond donors (Lipinski definition) is 2. The Morgan fingerprint density at radius 2 is 2.17 bits per heavy atom. The van der Waals surface area contributed by atoms with Gasteiger partial charge in [-0.1, -0.05) is 24.8 Å². The highest BCUT2D eigenvalue weighted by molar-refractivity contribution is 5.84. The summed E-state index contributed by atoms with van der Waals surface area (Å²) in [6.07, 6.45) is 2.96. The van der Waals surface area contributed by atoms with Crippen molar-refractivity contribution < 1.29 is 0 Å². The maximum absolute atomic E-state index is 5.67. The standard InChI is InChI=1S/C15H17N3/c1-3-18-14-7-5-4-6-11(14)12-8-10(2)9-13(17-16)15(12)18/h4-8,17H,2-3,9,16H2,1H3. The largest absolute Gasteiger partial charge is 0.339 e. The van der Waals surface area contributed by atoms with Gasteiger partial charge in [-0.25, -0.2) is 0 Å². The van der Waals surface area contributed by atoms with E-state index in [9.17, 15) is 0 Å². The lowest BCUT2D eigenvalue weighted by Crippen LogP contribution is -2.40. The van der Waals surface area contributed by atoms with Gasteiger partial charge >= 0.3 is 0 Å². The lowest BCUT2D eigenvalue weighted by molar-refractivity contribution is 0.753. The van der Waals surface area contributed by atoms with Crippen LogP contribution in [0.15, 0.2) is 36.4 Å². The molecule has 0 aliphatic heterocycles. The molecule has 18 heavy (non-hydrogen) atoms. The second-order valence-corrected chi connectivity index (χ2v) is 4.63. The molecule has 1 heterocycles. The van der Waals surface area contributed by atoms with Gasteiger partial charge in [0.15, 0.2) is 0 Å². The average molecular weight is 239 g/mol. The molecule has 92 valence electrons. The van der Waals surface area contributed by atoms with E-state index < -0.39 is 0 Å². The van der Waals surface area contributed by atoms with Crippen molar-refractivity contribution in [3.8, 4) is 0 Å². The highest BCUT2D eigenvalue weighted by atomic mass is 15.2. The minimum atomic E-state index is 0.791. The van der Waals surface area contributed by atoms with Crippen molar-refractivity contribution in [2.75, 3.05) is 0 Å². The van der Waals surface area contributed by atoms with Gasteiger partial charge in [-0.3, -0.25) is 5.84 Å². The maximum Gasteiger partial charge on any atom is 0.0701 e. The minimum absolute atomic E-state index is 0.791. The van der Waals surface area contributed by atoms with Crippen LogP contribution >= 0.6 is 0 Å². The van der Waals surface area contributed by atoms with Crippen LogP contribution in [-0.4, -0.2) is 4.57 Å². The van der Waals surface area contributed by atoms with Gasteiger partial charge in [0, 0.05) is 29.1 Å². The molecular weight excluding hydrogens is 222 g/mol. The van der Waals surface area contributed by atoms with Gasteiger partial charge in [0.1, 0.15) is 0 Å². The Labute approximate surface area is 106 Å². The Hall–Kier alpha value is -2.00. The van der Waals surface area contributed by atoms with Crippen molar-refractivity contribution in [3.05, 3.63) is 47.0 Å². The number of nitrogens with zero attached hydrogens (tertiary/aromatic N) is 1. The van der Waals surface area contributed by atoms with Crippen molar-refractivity contribution in [1.29, 1.82) is 0 Å². The van der Waals surface area contributed by atoms with Gasteiger partial charge in [0.2, 0.25) is 0 Å². The molecule has 0 spiro atoms. The molecule has 0 atom stereocenters. The molecule has 0 saturated carbocycles. The molecule has 0 fully saturated rings. The molecular formula is C15H17N3. The molecule has 1 aliphatic rings. The Bertz CT molecular complexity index is 750. The number of hydrazine groups is 1. The summed E-state index contributed by atoms with van der Waals surface area (Å²) < 4.78 is 2.31. The molecule has 3 heteroatoms. The van der Waals surface area contributed by atoms with Gasteiger partial charge in [-0.05, 0) is 24.6 Å². The molecule has 0 bridgehead atoms. The molecule has 0 unspecified atom stereocenters. The predicted molar refractivity (Wildman–Crippen MR) is 75.8 cm³/mol. The molecule has 0 saturated heterocycles. The SMILES string of the molecule is C=C1C=c2c(n(CC)c3ccccc23)=C(NN)C1. The second kappa shape index (κ2) is 4.03. The quantitative estimate of drug-likeness (QED) is 0.606. The van der Waals surface area contributed by atoms with Crippen LogP contribution in [-0.2, 0) is 6.54 Å². The molecule has 0 radical (unpaired) electrons. The summed E-state index contributed by atoms with van der Waals surface area (Å²) in [6.45, 7) is 7.16. The minimum Gasteiger partial charge on any atom is -0.339 e. The zero-order valence-corrected chi connectivity index (χ0v) is 10.5. The fraction of sp³-hybridized carbons (Fsp3) is 0.200. The molecule has 2 aromatic rings. The fourth-order valence-electron chi connectivity index (χ4n) is 2.82. The summed E-state index contributed by atoms with van der Waals surface area (Å²) in [5.41, 5.74) is 6.24. The lowest BCUT2D eigenvalue weighted by atomic mass is 10.0. The van der Waals surface area contributed by atoms with Crippen LogP contribution in [0.3, 0.4) is 0 Å². The Kier molecular flexibility index (Phi) is 2.49. The summed E-state index contributed by atoms with van der Waals surface area (Å²) in [7, 11) is 0. The molecule has 0 amide bonds. The summed E-state index contributed by atoms with van der Waals surface area (Å²) in [6, 6.07) is 8.46. The number of nitrogens with one attached hydrogen (secondary N) is 1. The highest BCUT2D eigenvalue weighted by Gasteiger charge is 2.13. The van der Waals surface area contributed by atoms with Crippen molar-refractivity contribution in [3.63, 3.8) is 0 Å². The third kappa shape index (κ3) is 1.41. The number of aryl methyl sites for hydroxylation is 1. The van der Waals surface area contributed by atoms with Gasteiger partial charge in [0.25, 0.3) is 0 Å². The Balaban J connectivity index is 2.62.